The molecule has 1 atom stereocenters. The zero-order valence-corrected chi connectivity index (χ0v) is 17.7. The minimum atomic E-state index is -0.645. The molecule has 1 aliphatic rings. The summed E-state index contributed by atoms with van der Waals surface area (Å²) in [6.45, 7) is 0.498. The van der Waals surface area contributed by atoms with Crippen LogP contribution in [0.3, 0.4) is 0 Å². The number of methoxy groups -OCH3 is 3. The second-order valence-electron chi connectivity index (χ2n) is 6.66. The number of ether oxygens (including phenoxy) is 3. The minimum absolute atomic E-state index is 0.0145. The SMILES string of the molecule is COc1cc(OC)c([C@H]2SCCN2C(=O)c2cc3ccccc3oc2=O)cc1OC. The fourth-order valence-corrected chi connectivity index (χ4v) is 4.82. The Kier molecular flexibility index (Phi) is 5.59. The van der Waals surface area contributed by atoms with Crippen LogP contribution < -0.4 is 19.8 Å². The number of hydrogen-bond donors (Lipinski definition) is 0. The van der Waals surface area contributed by atoms with Crippen molar-refractivity contribution in [3.05, 3.63) is 64.0 Å². The number of carbonyl (C=O) groups is 1. The lowest BCUT2D eigenvalue weighted by atomic mass is 10.1. The smallest absolute Gasteiger partial charge is 0.349 e. The van der Waals surface area contributed by atoms with Crippen molar-refractivity contribution in [2.45, 2.75) is 5.37 Å². The van der Waals surface area contributed by atoms with Crippen molar-refractivity contribution in [1.29, 1.82) is 0 Å². The van der Waals surface area contributed by atoms with E-state index in [1.807, 2.05) is 18.2 Å². The van der Waals surface area contributed by atoms with Crippen molar-refractivity contribution in [3.8, 4) is 17.2 Å². The van der Waals surface area contributed by atoms with E-state index in [4.69, 9.17) is 18.6 Å². The molecule has 0 saturated carbocycles. The number of amides is 1. The largest absolute Gasteiger partial charge is 0.496 e. The molecule has 2 aromatic carbocycles. The molecule has 0 aliphatic carbocycles. The average Bonchev–Trinajstić information content (AvgIpc) is 3.26. The van der Waals surface area contributed by atoms with Crippen molar-refractivity contribution in [1.82, 2.24) is 4.90 Å². The Morgan fingerprint density at radius 1 is 1.03 bits per heavy atom. The topological polar surface area (TPSA) is 78.2 Å². The molecule has 1 amide bonds. The van der Waals surface area contributed by atoms with Crippen molar-refractivity contribution in [2.24, 2.45) is 0 Å². The predicted molar refractivity (Wildman–Crippen MR) is 115 cm³/mol. The number of carbonyl (C=O) groups excluding carboxylic acids is 1. The first-order valence-corrected chi connectivity index (χ1v) is 10.4. The number of para-hydroxylation sites is 1. The van der Waals surface area contributed by atoms with E-state index < -0.39 is 5.63 Å². The first-order chi connectivity index (χ1) is 14.6. The molecule has 0 N–H and O–H groups in total. The standard InChI is InChI=1S/C22H21NO6S/c1-26-17-12-19(28-3)18(27-2)11-14(17)21-23(8-9-30-21)20(24)15-10-13-6-4-5-7-16(13)29-22(15)25/h4-7,10-12,21H,8-9H2,1-3H3/t21-/m1/s1. The maximum absolute atomic E-state index is 13.3. The number of hydrogen-bond acceptors (Lipinski definition) is 7. The number of benzene rings is 2. The molecule has 156 valence electrons. The van der Waals surface area contributed by atoms with E-state index in [9.17, 15) is 9.59 Å². The molecule has 30 heavy (non-hydrogen) atoms. The first-order valence-electron chi connectivity index (χ1n) is 9.32. The van der Waals surface area contributed by atoms with E-state index in [2.05, 4.69) is 0 Å². The molecule has 1 aliphatic heterocycles. The lowest BCUT2D eigenvalue weighted by molar-refractivity contribution is 0.0755. The van der Waals surface area contributed by atoms with Gasteiger partial charge < -0.3 is 23.5 Å². The normalized spacial score (nSPS) is 16.0. The van der Waals surface area contributed by atoms with Crippen LogP contribution in [0.5, 0.6) is 17.2 Å². The minimum Gasteiger partial charge on any atom is -0.496 e. The fraction of sp³-hybridized carbons (Fsp3) is 0.273. The molecule has 0 spiro atoms. The molecule has 7 nitrogen and oxygen atoms in total. The summed E-state index contributed by atoms with van der Waals surface area (Å²) >= 11 is 1.59. The van der Waals surface area contributed by atoms with Crippen LogP contribution in [-0.2, 0) is 0 Å². The fourth-order valence-electron chi connectivity index (χ4n) is 3.55. The Bertz CT molecular complexity index is 1160. The van der Waals surface area contributed by atoms with Gasteiger partial charge in [-0.2, -0.15) is 0 Å². The maximum Gasteiger partial charge on any atom is 0.349 e. The molecule has 4 rings (SSSR count). The van der Waals surface area contributed by atoms with Gasteiger partial charge in [-0.25, -0.2) is 4.79 Å². The van der Waals surface area contributed by atoms with Gasteiger partial charge in [0.05, 0.1) is 21.3 Å². The third-order valence-electron chi connectivity index (χ3n) is 5.03. The molecule has 8 heteroatoms. The van der Waals surface area contributed by atoms with Crippen LogP contribution in [0.2, 0.25) is 0 Å². The summed E-state index contributed by atoms with van der Waals surface area (Å²) in [6, 6.07) is 12.3. The highest BCUT2D eigenvalue weighted by molar-refractivity contribution is 7.99. The summed E-state index contributed by atoms with van der Waals surface area (Å²) in [7, 11) is 4.67. The Hall–Kier alpha value is -3.13. The van der Waals surface area contributed by atoms with Gasteiger partial charge >= 0.3 is 5.63 Å². The summed E-state index contributed by atoms with van der Waals surface area (Å²) in [4.78, 5) is 27.5. The molecule has 0 bridgehead atoms. The van der Waals surface area contributed by atoms with Crippen molar-refractivity contribution >= 4 is 28.6 Å². The molecule has 0 unspecified atom stereocenters. The van der Waals surface area contributed by atoms with Gasteiger partial charge in [0.2, 0.25) is 0 Å². The Balaban J connectivity index is 1.75. The highest BCUT2D eigenvalue weighted by Crippen LogP contribution is 2.46. The lowest BCUT2D eigenvalue weighted by Crippen LogP contribution is -2.33. The van der Waals surface area contributed by atoms with E-state index in [0.29, 0.717) is 34.8 Å². The number of thioether (sulfide) groups is 1. The van der Waals surface area contributed by atoms with Crippen LogP contribution in [0, 0.1) is 0 Å². The number of nitrogens with zero attached hydrogens (tertiary/aromatic N) is 1. The van der Waals surface area contributed by atoms with Crippen LogP contribution in [-0.4, -0.2) is 44.4 Å². The maximum atomic E-state index is 13.3. The third kappa shape index (κ3) is 3.47. The quantitative estimate of drug-likeness (QED) is 0.575. The van der Waals surface area contributed by atoms with E-state index in [1.165, 1.54) is 0 Å². The second-order valence-corrected chi connectivity index (χ2v) is 7.84. The molecule has 1 saturated heterocycles. The van der Waals surface area contributed by atoms with Crippen LogP contribution in [0.4, 0.5) is 0 Å². The number of fused-ring (bicyclic) bond motifs is 1. The number of rotatable bonds is 5. The van der Waals surface area contributed by atoms with Gasteiger partial charge in [-0.1, -0.05) is 18.2 Å². The Labute approximate surface area is 177 Å². The van der Waals surface area contributed by atoms with E-state index in [0.717, 1.165) is 11.3 Å². The van der Waals surface area contributed by atoms with E-state index in [1.54, 1.807) is 62.3 Å². The molecule has 2 heterocycles. The third-order valence-corrected chi connectivity index (χ3v) is 6.27. The highest BCUT2D eigenvalue weighted by Gasteiger charge is 2.35. The zero-order chi connectivity index (χ0) is 21.3. The van der Waals surface area contributed by atoms with E-state index >= 15 is 0 Å². The molecular formula is C22H21NO6S. The summed E-state index contributed by atoms with van der Waals surface area (Å²) in [5, 5.41) is 0.366. The van der Waals surface area contributed by atoms with Crippen molar-refractivity contribution in [2.75, 3.05) is 33.6 Å². The van der Waals surface area contributed by atoms with Crippen molar-refractivity contribution < 1.29 is 23.4 Å². The van der Waals surface area contributed by atoms with Crippen molar-refractivity contribution in [3.63, 3.8) is 0 Å². The van der Waals surface area contributed by atoms with Gasteiger partial charge in [0, 0.05) is 29.3 Å². The Morgan fingerprint density at radius 2 is 1.73 bits per heavy atom. The molecule has 1 fully saturated rings. The summed E-state index contributed by atoms with van der Waals surface area (Å²) in [6.07, 6.45) is 0. The molecular weight excluding hydrogens is 406 g/mol. The monoisotopic (exact) mass is 427 g/mol. The predicted octanol–water partition coefficient (Wildman–Crippen LogP) is 3.71. The highest BCUT2D eigenvalue weighted by atomic mass is 32.2. The lowest BCUT2D eigenvalue weighted by Gasteiger charge is -2.26. The van der Waals surface area contributed by atoms with Gasteiger partial charge in [-0.3, -0.25) is 4.79 Å². The van der Waals surface area contributed by atoms with Crippen LogP contribution in [0.25, 0.3) is 11.0 Å². The van der Waals surface area contributed by atoms with Crippen LogP contribution >= 0.6 is 11.8 Å². The molecule has 1 aromatic heterocycles. The average molecular weight is 427 g/mol. The first kappa shape index (κ1) is 20.2. The van der Waals surface area contributed by atoms with Gasteiger partial charge in [0.25, 0.3) is 5.91 Å². The summed E-state index contributed by atoms with van der Waals surface area (Å²) in [5.41, 5.74) is 0.596. The Morgan fingerprint density at radius 3 is 2.47 bits per heavy atom. The summed E-state index contributed by atoms with van der Waals surface area (Å²) in [5.74, 6) is 2.01. The van der Waals surface area contributed by atoms with Gasteiger partial charge in [-0.05, 0) is 18.2 Å². The van der Waals surface area contributed by atoms with Gasteiger partial charge in [0.15, 0.2) is 11.5 Å². The van der Waals surface area contributed by atoms with E-state index in [-0.39, 0.29) is 16.8 Å². The zero-order valence-electron chi connectivity index (χ0n) is 16.8. The molecule has 3 aromatic rings. The second kappa shape index (κ2) is 8.31. The van der Waals surface area contributed by atoms with Crippen LogP contribution in [0.1, 0.15) is 21.3 Å². The molecule has 0 radical (unpaired) electrons. The van der Waals surface area contributed by atoms with Gasteiger partial charge in [0.1, 0.15) is 22.3 Å². The van der Waals surface area contributed by atoms with Crippen LogP contribution in [0.15, 0.2) is 51.7 Å². The van der Waals surface area contributed by atoms with Gasteiger partial charge in [-0.15, -0.1) is 11.8 Å². The summed E-state index contributed by atoms with van der Waals surface area (Å²) < 4.78 is 21.7.